The van der Waals surface area contributed by atoms with E-state index in [1.54, 1.807) is 6.92 Å². The number of nitro groups is 2. The van der Waals surface area contributed by atoms with E-state index in [2.05, 4.69) is 0 Å². The Balaban J connectivity index is 3.05. The first kappa shape index (κ1) is 22.4. The summed E-state index contributed by atoms with van der Waals surface area (Å²) in [7, 11) is 0. The van der Waals surface area contributed by atoms with Crippen LogP contribution in [0.1, 0.15) is 42.0 Å². The van der Waals surface area contributed by atoms with E-state index in [1.165, 1.54) is 27.7 Å². The summed E-state index contributed by atoms with van der Waals surface area (Å²) in [6.45, 7) is 7.15. The number of carbonyl (C=O) groups excluding carboxylic acids is 1. The van der Waals surface area contributed by atoms with E-state index < -0.39 is 33.1 Å². The highest BCUT2D eigenvalue weighted by Crippen LogP contribution is 2.47. The van der Waals surface area contributed by atoms with E-state index in [1.807, 2.05) is 6.07 Å². The molecule has 0 aliphatic carbocycles. The molecule has 2 N–H and O–H groups in total. The third-order valence-corrected chi connectivity index (χ3v) is 4.98. The Labute approximate surface area is 171 Å². The number of carbonyl (C=O) groups is 1. The molecule has 1 atom stereocenters. The molecule has 0 spiro atoms. The number of ether oxygens (including phenoxy) is 2. The van der Waals surface area contributed by atoms with E-state index >= 15 is 0 Å². The van der Waals surface area contributed by atoms with Crippen molar-refractivity contribution in [3.05, 3.63) is 65.3 Å². The van der Waals surface area contributed by atoms with Gasteiger partial charge in [-0.3, -0.25) is 20.2 Å². The van der Waals surface area contributed by atoms with Crippen LogP contribution in [0.3, 0.4) is 0 Å². The van der Waals surface area contributed by atoms with Crippen LogP contribution in [0.15, 0.2) is 22.8 Å². The van der Waals surface area contributed by atoms with Gasteiger partial charge in [0.1, 0.15) is 23.0 Å². The molecule has 30 heavy (non-hydrogen) atoms. The number of esters is 1. The van der Waals surface area contributed by atoms with Gasteiger partial charge in [0.05, 0.1) is 27.9 Å². The second-order valence-electron chi connectivity index (χ2n) is 6.62. The van der Waals surface area contributed by atoms with Gasteiger partial charge in [-0.2, -0.15) is 5.26 Å². The zero-order valence-electron chi connectivity index (χ0n) is 17.1. The van der Waals surface area contributed by atoms with E-state index in [-0.39, 0.29) is 51.6 Å². The second kappa shape index (κ2) is 8.20. The highest BCUT2D eigenvalue weighted by Gasteiger charge is 2.42. The van der Waals surface area contributed by atoms with Crippen LogP contribution in [-0.4, -0.2) is 22.4 Å². The number of benzene rings is 1. The maximum atomic E-state index is 12.7. The summed E-state index contributed by atoms with van der Waals surface area (Å²) in [5.41, 5.74) is 4.75. The van der Waals surface area contributed by atoms with Crippen molar-refractivity contribution in [3.8, 4) is 6.07 Å². The molecular weight excluding hydrogens is 396 g/mol. The molecule has 0 bridgehead atoms. The van der Waals surface area contributed by atoms with Gasteiger partial charge in [-0.05, 0) is 40.2 Å². The summed E-state index contributed by atoms with van der Waals surface area (Å²) in [5.74, 6) is -2.29. The predicted molar refractivity (Wildman–Crippen MR) is 104 cm³/mol. The van der Waals surface area contributed by atoms with Crippen LogP contribution in [0.2, 0.25) is 0 Å². The molecular formula is C19H20N4O7. The van der Waals surface area contributed by atoms with Crippen LogP contribution in [0.5, 0.6) is 0 Å². The molecule has 0 aromatic heterocycles. The molecule has 0 unspecified atom stereocenters. The lowest BCUT2D eigenvalue weighted by Crippen LogP contribution is -2.27. The summed E-state index contributed by atoms with van der Waals surface area (Å²) in [6, 6.07) is 1.86. The maximum absolute atomic E-state index is 12.7. The molecule has 1 aliphatic heterocycles. The van der Waals surface area contributed by atoms with Gasteiger partial charge in [0.2, 0.25) is 5.88 Å². The van der Waals surface area contributed by atoms with Crippen LogP contribution >= 0.6 is 0 Å². The minimum atomic E-state index is -1.22. The first-order chi connectivity index (χ1) is 14.0. The number of nitriles is 1. The first-order valence-corrected chi connectivity index (χ1v) is 8.87. The quantitative estimate of drug-likeness (QED) is 0.430. The summed E-state index contributed by atoms with van der Waals surface area (Å²) in [6.07, 6.45) is 0. The fourth-order valence-corrected chi connectivity index (χ4v) is 3.84. The minimum Gasteiger partial charge on any atom is -0.463 e. The standard InChI is InChI=1S/C19H20N4O7/c1-6-29-19(24)14-11(5)30-18(21)12(7-20)15(14)13-8(2)16(22(25)26)10(4)17(9(13)3)23(27)28/h15H,6,21H2,1-5H3/t15-/m0/s1. The molecule has 0 saturated heterocycles. The van der Waals surface area contributed by atoms with Crippen molar-refractivity contribution >= 4 is 17.3 Å². The average molecular weight is 416 g/mol. The van der Waals surface area contributed by atoms with E-state index in [9.17, 15) is 30.3 Å². The number of nitrogens with zero attached hydrogens (tertiary/aromatic N) is 3. The van der Waals surface area contributed by atoms with Crippen molar-refractivity contribution in [2.45, 2.75) is 40.5 Å². The first-order valence-electron chi connectivity index (χ1n) is 8.87. The molecule has 1 aromatic carbocycles. The van der Waals surface area contributed by atoms with Crippen molar-refractivity contribution < 1.29 is 24.1 Å². The lowest BCUT2D eigenvalue weighted by atomic mass is 9.77. The summed E-state index contributed by atoms with van der Waals surface area (Å²) in [5, 5.41) is 33.1. The molecule has 2 rings (SSSR count). The van der Waals surface area contributed by atoms with Crippen LogP contribution in [0, 0.1) is 52.3 Å². The smallest absolute Gasteiger partial charge is 0.338 e. The number of hydrogen-bond donors (Lipinski definition) is 1. The van der Waals surface area contributed by atoms with Crippen LogP contribution in [0.25, 0.3) is 0 Å². The average Bonchev–Trinajstić information content (AvgIpc) is 2.60. The molecule has 0 fully saturated rings. The lowest BCUT2D eigenvalue weighted by Gasteiger charge is -2.29. The topological polar surface area (TPSA) is 172 Å². The Morgan fingerprint density at radius 2 is 1.63 bits per heavy atom. The molecule has 1 aliphatic rings. The Bertz CT molecular complexity index is 1040. The Kier molecular flexibility index (Phi) is 6.11. The highest BCUT2D eigenvalue weighted by molar-refractivity contribution is 5.93. The van der Waals surface area contributed by atoms with E-state index in [4.69, 9.17) is 15.2 Å². The Morgan fingerprint density at radius 3 is 2.03 bits per heavy atom. The Hall–Kier alpha value is -3.94. The summed E-state index contributed by atoms with van der Waals surface area (Å²) in [4.78, 5) is 34.7. The fourth-order valence-electron chi connectivity index (χ4n) is 3.84. The van der Waals surface area contributed by atoms with Gasteiger partial charge in [-0.25, -0.2) is 4.79 Å². The number of allylic oxidation sites excluding steroid dienone is 2. The molecule has 158 valence electrons. The molecule has 1 aromatic rings. The van der Waals surface area contributed by atoms with Crippen molar-refractivity contribution in [1.29, 1.82) is 5.26 Å². The SMILES string of the molecule is CCOC(=O)C1=C(C)OC(N)=C(C#N)[C@H]1c1c(C)c([N+](=O)[O-])c(C)c([N+](=O)[O-])c1C. The van der Waals surface area contributed by atoms with Gasteiger partial charge in [-0.1, -0.05) is 0 Å². The molecule has 1 heterocycles. The van der Waals surface area contributed by atoms with Crippen molar-refractivity contribution in [1.82, 2.24) is 0 Å². The van der Waals surface area contributed by atoms with Crippen molar-refractivity contribution in [3.63, 3.8) is 0 Å². The zero-order valence-corrected chi connectivity index (χ0v) is 17.1. The van der Waals surface area contributed by atoms with Gasteiger partial charge in [0.25, 0.3) is 11.4 Å². The summed E-state index contributed by atoms with van der Waals surface area (Å²) >= 11 is 0. The molecule has 11 nitrogen and oxygen atoms in total. The largest absolute Gasteiger partial charge is 0.463 e. The normalized spacial score (nSPS) is 16.1. The zero-order chi connectivity index (χ0) is 22.9. The van der Waals surface area contributed by atoms with Crippen LogP contribution in [-0.2, 0) is 14.3 Å². The molecule has 11 heteroatoms. The van der Waals surface area contributed by atoms with E-state index in [0.717, 1.165) is 0 Å². The number of hydrogen-bond acceptors (Lipinski definition) is 9. The lowest BCUT2D eigenvalue weighted by molar-refractivity contribution is -0.396. The Morgan fingerprint density at radius 1 is 1.13 bits per heavy atom. The monoisotopic (exact) mass is 416 g/mol. The van der Waals surface area contributed by atoms with Gasteiger partial charge < -0.3 is 15.2 Å². The number of nitro benzene ring substituents is 2. The summed E-state index contributed by atoms with van der Waals surface area (Å²) < 4.78 is 10.4. The predicted octanol–water partition coefficient (Wildman–Crippen LogP) is 3.07. The fraction of sp³-hybridized carbons (Fsp3) is 0.368. The van der Waals surface area contributed by atoms with Gasteiger partial charge in [-0.15, -0.1) is 0 Å². The maximum Gasteiger partial charge on any atom is 0.338 e. The number of rotatable bonds is 5. The third-order valence-electron chi connectivity index (χ3n) is 4.98. The van der Waals surface area contributed by atoms with Gasteiger partial charge >= 0.3 is 5.97 Å². The molecule has 0 saturated carbocycles. The van der Waals surface area contributed by atoms with Crippen molar-refractivity contribution in [2.24, 2.45) is 5.73 Å². The number of nitrogens with two attached hydrogens (primary N) is 1. The van der Waals surface area contributed by atoms with Crippen LogP contribution < -0.4 is 5.73 Å². The van der Waals surface area contributed by atoms with Gasteiger partial charge in [0.15, 0.2) is 0 Å². The third kappa shape index (κ3) is 3.43. The van der Waals surface area contributed by atoms with E-state index in [0.29, 0.717) is 0 Å². The van der Waals surface area contributed by atoms with Crippen molar-refractivity contribution in [2.75, 3.05) is 6.61 Å². The minimum absolute atomic E-state index is 0.0234. The van der Waals surface area contributed by atoms with Gasteiger partial charge in [0, 0.05) is 11.1 Å². The highest BCUT2D eigenvalue weighted by atomic mass is 16.6. The second-order valence-corrected chi connectivity index (χ2v) is 6.62. The van der Waals surface area contributed by atoms with Crippen LogP contribution in [0.4, 0.5) is 11.4 Å². The molecule has 0 amide bonds. The molecule has 0 radical (unpaired) electrons.